The average molecular weight is 335 g/mol. The van der Waals surface area contributed by atoms with Crippen LogP contribution in [0, 0.1) is 0 Å². The van der Waals surface area contributed by atoms with Crippen molar-refractivity contribution in [3.63, 3.8) is 0 Å². The first kappa shape index (κ1) is 15.3. The number of amidine groups is 1. The molecule has 1 amide bonds. The molecule has 1 aliphatic rings. The number of H-pyrrole nitrogens is 1. The number of hydrogen-bond acceptors (Lipinski definition) is 5. The molecular formula is C18H17N5O2. The Morgan fingerprint density at radius 2 is 2.24 bits per heavy atom. The van der Waals surface area contributed by atoms with E-state index in [1.807, 2.05) is 12.1 Å². The molecule has 0 bridgehead atoms. The molecular weight excluding hydrogens is 318 g/mol. The third-order valence-corrected chi connectivity index (χ3v) is 4.38. The van der Waals surface area contributed by atoms with E-state index in [-0.39, 0.29) is 11.8 Å². The average Bonchev–Trinajstić information content (AvgIpc) is 3.02. The first-order valence-corrected chi connectivity index (χ1v) is 7.99. The Bertz CT molecular complexity index is 978. The van der Waals surface area contributed by atoms with Crippen LogP contribution in [0.2, 0.25) is 0 Å². The molecule has 4 N–H and O–H groups in total. The van der Waals surface area contributed by atoms with Gasteiger partial charge in [-0.2, -0.15) is 0 Å². The van der Waals surface area contributed by atoms with Crippen molar-refractivity contribution in [3.05, 3.63) is 59.5 Å². The Balaban J connectivity index is 1.74. The maximum atomic E-state index is 12.5. The molecule has 0 fully saturated rings. The monoisotopic (exact) mass is 335 g/mol. The highest BCUT2D eigenvalue weighted by atomic mass is 16.5. The number of hydrogen-bond donors (Lipinski definition) is 4. The molecule has 4 rings (SSSR count). The molecule has 1 atom stereocenters. The van der Waals surface area contributed by atoms with Crippen molar-refractivity contribution < 1.29 is 10.0 Å². The second-order valence-electron chi connectivity index (χ2n) is 6.07. The van der Waals surface area contributed by atoms with Gasteiger partial charge in [-0.15, -0.1) is 0 Å². The van der Waals surface area contributed by atoms with E-state index in [9.17, 15) is 10.0 Å². The first-order valence-electron chi connectivity index (χ1n) is 7.99. The molecule has 3 aromatic rings. The summed E-state index contributed by atoms with van der Waals surface area (Å²) in [6.45, 7) is 2.65. The van der Waals surface area contributed by atoms with Gasteiger partial charge in [0.25, 0.3) is 5.91 Å². The van der Waals surface area contributed by atoms with Crippen LogP contribution in [-0.4, -0.2) is 33.5 Å². The summed E-state index contributed by atoms with van der Waals surface area (Å²) in [4.78, 5) is 24.1. The minimum atomic E-state index is -0.192. The molecule has 0 aliphatic carbocycles. The fourth-order valence-corrected chi connectivity index (χ4v) is 3.18. The molecule has 3 heterocycles. The highest BCUT2D eigenvalue weighted by molar-refractivity contribution is 6.09. The summed E-state index contributed by atoms with van der Waals surface area (Å²) in [5, 5.41) is 13.1. The van der Waals surface area contributed by atoms with Crippen molar-refractivity contribution in [2.75, 3.05) is 11.9 Å². The van der Waals surface area contributed by atoms with E-state index in [0.717, 1.165) is 22.2 Å². The number of rotatable bonds is 2. The zero-order valence-corrected chi connectivity index (χ0v) is 13.6. The van der Waals surface area contributed by atoms with E-state index in [1.165, 1.54) is 0 Å². The number of pyridine rings is 1. The van der Waals surface area contributed by atoms with Gasteiger partial charge >= 0.3 is 0 Å². The number of amides is 1. The molecule has 25 heavy (non-hydrogen) atoms. The van der Waals surface area contributed by atoms with Gasteiger partial charge in [-0.05, 0) is 35.9 Å². The third-order valence-electron chi connectivity index (χ3n) is 4.38. The fraction of sp³-hybridized carbons (Fsp3) is 0.167. The van der Waals surface area contributed by atoms with Gasteiger partial charge in [0.1, 0.15) is 0 Å². The van der Waals surface area contributed by atoms with Gasteiger partial charge < -0.3 is 10.3 Å². The first-order chi connectivity index (χ1) is 12.2. The van der Waals surface area contributed by atoms with Gasteiger partial charge in [0, 0.05) is 35.1 Å². The lowest BCUT2D eigenvalue weighted by molar-refractivity contribution is 0.102. The van der Waals surface area contributed by atoms with Crippen molar-refractivity contribution in [3.8, 4) is 0 Å². The van der Waals surface area contributed by atoms with Crippen LogP contribution in [-0.2, 0) is 0 Å². The van der Waals surface area contributed by atoms with Crippen LogP contribution in [0.15, 0.2) is 47.7 Å². The van der Waals surface area contributed by atoms with Crippen molar-refractivity contribution >= 4 is 28.3 Å². The molecule has 126 valence electrons. The molecule has 0 saturated heterocycles. The van der Waals surface area contributed by atoms with E-state index in [0.29, 0.717) is 23.6 Å². The lowest BCUT2D eigenvalue weighted by Gasteiger charge is -2.18. The quantitative estimate of drug-likeness (QED) is 0.541. The molecule has 0 saturated carbocycles. The van der Waals surface area contributed by atoms with Crippen LogP contribution >= 0.6 is 0 Å². The number of hydroxylamine groups is 1. The molecule has 7 nitrogen and oxygen atoms in total. The Morgan fingerprint density at radius 3 is 3.00 bits per heavy atom. The Hall–Kier alpha value is -3.19. The number of benzene rings is 1. The number of aromatic nitrogens is 2. The molecule has 0 spiro atoms. The smallest absolute Gasteiger partial charge is 0.255 e. The number of aliphatic imine (C=N–C) groups is 1. The Kier molecular flexibility index (Phi) is 3.70. The Morgan fingerprint density at radius 1 is 1.36 bits per heavy atom. The topological polar surface area (TPSA) is 102 Å². The van der Waals surface area contributed by atoms with Crippen LogP contribution in [0.25, 0.3) is 10.9 Å². The SMILES string of the molecule is CC1CN=C(NO)c2[nH]c3ccc(C(=O)Nc4cccnc4)cc3c21. The second kappa shape index (κ2) is 6.03. The maximum Gasteiger partial charge on any atom is 0.255 e. The van der Waals surface area contributed by atoms with E-state index in [2.05, 4.69) is 32.7 Å². The number of fused-ring (bicyclic) bond motifs is 3. The summed E-state index contributed by atoms with van der Waals surface area (Å²) < 4.78 is 0. The predicted molar refractivity (Wildman–Crippen MR) is 95.2 cm³/mol. The highest BCUT2D eigenvalue weighted by Gasteiger charge is 2.25. The lowest BCUT2D eigenvalue weighted by atomic mass is 9.94. The van der Waals surface area contributed by atoms with Crippen LogP contribution in [0.4, 0.5) is 5.69 Å². The normalized spacial score (nSPS) is 16.2. The maximum absolute atomic E-state index is 12.5. The summed E-state index contributed by atoms with van der Waals surface area (Å²) in [6, 6.07) is 9.07. The zero-order valence-electron chi connectivity index (χ0n) is 13.6. The van der Waals surface area contributed by atoms with Crippen LogP contribution < -0.4 is 10.8 Å². The summed E-state index contributed by atoms with van der Waals surface area (Å²) in [5.74, 6) is 0.422. The van der Waals surface area contributed by atoms with Crippen LogP contribution in [0.3, 0.4) is 0 Å². The molecule has 1 aliphatic heterocycles. The minimum absolute atomic E-state index is 0.192. The van der Waals surface area contributed by atoms with Crippen molar-refractivity contribution in [2.45, 2.75) is 12.8 Å². The summed E-state index contributed by atoms with van der Waals surface area (Å²) >= 11 is 0. The molecule has 0 radical (unpaired) electrons. The van der Waals surface area contributed by atoms with Gasteiger partial charge in [-0.25, -0.2) is 0 Å². The molecule has 1 aromatic carbocycles. The standard InChI is InChI=1S/C18H17N5O2/c1-10-8-20-17(23-25)16-15(10)13-7-11(4-5-14(13)22-16)18(24)21-12-3-2-6-19-9-12/h2-7,9-10,22,25H,8H2,1H3,(H,20,23)(H,21,24). The van der Waals surface area contributed by atoms with Crippen LogP contribution in [0.5, 0.6) is 0 Å². The van der Waals surface area contributed by atoms with Crippen molar-refractivity contribution in [1.29, 1.82) is 0 Å². The molecule has 1 unspecified atom stereocenters. The predicted octanol–water partition coefficient (Wildman–Crippen LogP) is 2.66. The number of nitrogens with one attached hydrogen (secondary N) is 3. The van der Waals surface area contributed by atoms with Gasteiger partial charge in [-0.3, -0.25) is 25.5 Å². The van der Waals surface area contributed by atoms with Crippen molar-refractivity contribution in [1.82, 2.24) is 15.4 Å². The lowest BCUT2D eigenvalue weighted by Crippen LogP contribution is -2.26. The Labute approximate surface area is 143 Å². The second-order valence-corrected chi connectivity index (χ2v) is 6.07. The van der Waals surface area contributed by atoms with Gasteiger partial charge in [0.05, 0.1) is 17.6 Å². The highest BCUT2D eigenvalue weighted by Crippen LogP contribution is 2.33. The van der Waals surface area contributed by atoms with E-state index in [4.69, 9.17) is 0 Å². The summed E-state index contributed by atoms with van der Waals surface area (Å²) in [5.41, 5.74) is 6.08. The molecule has 2 aromatic heterocycles. The third kappa shape index (κ3) is 2.64. The van der Waals surface area contributed by atoms with E-state index in [1.54, 1.807) is 30.6 Å². The number of carbonyl (C=O) groups is 1. The largest absolute Gasteiger partial charge is 0.352 e. The van der Waals surface area contributed by atoms with Crippen LogP contribution in [0.1, 0.15) is 34.5 Å². The number of carbonyl (C=O) groups excluding carboxylic acids is 1. The number of aromatic amines is 1. The van der Waals surface area contributed by atoms with Gasteiger partial charge in [0.15, 0.2) is 5.84 Å². The van der Waals surface area contributed by atoms with Gasteiger partial charge in [-0.1, -0.05) is 6.92 Å². The van der Waals surface area contributed by atoms with Crippen molar-refractivity contribution in [2.24, 2.45) is 4.99 Å². The number of nitrogens with zero attached hydrogens (tertiary/aromatic N) is 2. The zero-order chi connectivity index (χ0) is 17.4. The fourth-order valence-electron chi connectivity index (χ4n) is 3.18. The summed E-state index contributed by atoms with van der Waals surface area (Å²) in [7, 11) is 0. The van der Waals surface area contributed by atoms with E-state index >= 15 is 0 Å². The van der Waals surface area contributed by atoms with E-state index < -0.39 is 0 Å². The molecule has 7 heteroatoms. The minimum Gasteiger partial charge on any atom is -0.352 e. The van der Waals surface area contributed by atoms with Gasteiger partial charge in [0.2, 0.25) is 0 Å². The summed E-state index contributed by atoms with van der Waals surface area (Å²) in [6.07, 6.45) is 3.26. The number of anilines is 1.